The van der Waals surface area contributed by atoms with Crippen molar-refractivity contribution in [1.29, 1.82) is 0 Å². The van der Waals surface area contributed by atoms with Crippen LogP contribution in [0.1, 0.15) is 29.5 Å². The Hall–Kier alpha value is -0.470. The first-order chi connectivity index (χ1) is 8.19. The summed E-state index contributed by atoms with van der Waals surface area (Å²) in [5.41, 5.74) is 4.24. The number of aryl methyl sites for hydroxylation is 2. The van der Waals surface area contributed by atoms with Crippen molar-refractivity contribution in [2.45, 2.75) is 38.5 Å². The summed E-state index contributed by atoms with van der Waals surface area (Å²) in [5, 5.41) is 3.45. The number of benzene rings is 1. The largest absolute Gasteiger partial charge is 0.316 e. The normalized spacial score (nSPS) is 17.1. The van der Waals surface area contributed by atoms with Crippen LogP contribution < -0.4 is 5.32 Å². The molecule has 0 saturated heterocycles. The summed E-state index contributed by atoms with van der Waals surface area (Å²) in [5.74, 6) is 3.34. The van der Waals surface area contributed by atoms with E-state index < -0.39 is 0 Å². The van der Waals surface area contributed by atoms with Gasteiger partial charge in [-0.15, -0.1) is 0 Å². The van der Waals surface area contributed by atoms with Gasteiger partial charge in [-0.25, -0.2) is 0 Å². The lowest BCUT2D eigenvalue weighted by atomic mass is 10.1. The van der Waals surface area contributed by atoms with E-state index in [1.54, 1.807) is 0 Å². The van der Waals surface area contributed by atoms with E-state index in [1.807, 2.05) is 0 Å². The molecule has 0 radical (unpaired) electrons. The van der Waals surface area contributed by atoms with Gasteiger partial charge in [-0.3, -0.25) is 0 Å². The fraction of sp³-hybridized carbons (Fsp3) is 0.600. The van der Waals surface area contributed by atoms with Crippen molar-refractivity contribution >= 4 is 11.8 Å². The Morgan fingerprint density at radius 2 is 1.88 bits per heavy atom. The molecule has 1 aliphatic carbocycles. The number of thioether (sulfide) groups is 1. The summed E-state index contributed by atoms with van der Waals surface area (Å²) in [7, 11) is 2.10. The lowest BCUT2D eigenvalue weighted by Crippen LogP contribution is -2.29. The Morgan fingerprint density at radius 3 is 2.41 bits per heavy atom. The van der Waals surface area contributed by atoms with Crippen molar-refractivity contribution in [2.24, 2.45) is 5.92 Å². The van der Waals surface area contributed by atoms with Crippen LogP contribution in [0.3, 0.4) is 0 Å². The molecule has 1 N–H and O–H groups in total. The van der Waals surface area contributed by atoms with Crippen LogP contribution in [0.2, 0.25) is 0 Å². The molecule has 0 amide bonds. The molecule has 1 aromatic rings. The zero-order valence-electron chi connectivity index (χ0n) is 11.1. The first-order valence-electron chi connectivity index (χ1n) is 6.51. The van der Waals surface area contributed by atoms with Gasteiger partial charge in [-0.2, -0.15) is 11.8 Å². The van der Waals surface area contributed by atoms with E-state index >= 15 is 0 Å². The minimum Gasteiger partial charge on any atom is -0.316 e. The second-order valence-electron chi connectivity index (χ2n) is 5.24. The van der Waals surface area contributed by atoms with Gasteiger partial charge in [0.05, 0.1) is 0 Å². The topological polar surface area (TPSA) is 12.0 Å². The third-order valence-corrected chi connectivity index (χ3v) is 4.54. The molecule has 1 fully saturated rings. The molecule has 2 heteroatoms. The van der Waals surface area contributed by atoms with E-state index in [-0.39, 0.29) is 0 Å². The molecule has 0 spiro atoms. The van der Waals surface area contributed by atoms with Crippen LogP contribution in [0.25, 0.3) is 0 Å². The molecule has 2 rings (SSSR count). The molecule has 1 saturated carbocycles. The standard InChI is InChI=1S/C15H23NS/c1-11-6-12(2)8-13(7-11)9-17-10-15(16-3)14-4-5-14/h6-8,14-16H,4-5,9-10H2,1-3H3. The summed E-state index contributed by atoms with van der Waals surface area (Å²) in [6.45, 7) is 4.36. The summed E-state index contributed by atoms with van der Waals surface area (Å²) >= 11 is 2.06. The molecule has 17 heavy (non-hydrogen) atoms. The maximum absolute atomic E-state index is 3.45. The van der Waals surface area contributed by atoms with E-state index in [4.69, 9.17) is 0 Å². The van der Waals surface area contributed by atoms with Gasteiger partial charge in [0.2, 0.25) is 0 Å². The van der Waals surface area contributed by atoms with Crippen molar-refractivity contribution in [1.82, 2.24) is 5.32 Å². The van der Waals surface area contributed by atoms with Crippen LogP contribution >= 0.6 is 11.8 Å². The average Bonchev–Trinajstić information content (AvgIpc) is 3.07. The fourth-order valence-electron chi connectivity index (χ4n) is 2.41. The zero-order chi connectivity index (χ0) is 12.3. The quantitative estimate of drug-likeness (QED) is 0.827. The van der Waals surface area contributed by atoms with Crippen LogP contribution in [-0.4, -0.2) is 18.8 Å². The number of rotatable bonds is 6. The highest BCUT2D eigenvalue weighted by molar-refractivity contribution is 7.98. The zero-order valence-corrected chi connectivity index (χ0v) is 11.9. The predicted molar refractivity (Wildman–Crippen MR) is 77.6 cm³/mol. The molecular weight excluding hydrogens is 226 g/mol. The molecule has 1 nitrogen and oxygen atoms in total. The fourth-order valence-corrected chi connectivity index (χ4v) is 3.62. The maximum atomic E-state index is 3.45. The van der Waals surface area contributed by atoms with E-state index in [2.05, 4.69) is 56.2 Å². The predicted octanol–water partition coefficient (Wildman–Crippen LogP) is 3.53. The Bertz CT molecular complexity index is 351. The molecule has 1 unspecified atom stereocenters. The van der Waals surface area contributed by atoms with Gasteiger partial charge in [0.15, 0.2) is 0 Å². The van der Waals surface area contributed by atoms with Gasteiger partial charge in [0.25, 0.3) is 0 Å². The highest BCUT2D eigenvalue weighted by atomic mass is 32.2. The van der Waals surface area contributed by atoms with Crippen molar-refractivity contribution in [3.63, 3.8) is 0 Å². The average molecular weight is 249 g/mol. The second-order valence-corrected chi connectivity index (χ2v) is 6.27. The lowest BCUT2D eigenvalue weighted by molar-refractivity contribution is 0.554. The van der Waals surface area contributed by atoms with Crippen molar-refractivity contribution < 1.29 is 0 Å². The first-order valence-corrected chi connectivity index (χ1v) is 7.66. The molecule has 94 valence electrons. The Balaban J connectivity index is 1.80. The van der Waals surface area contributed by atoms with Crippen LogP contribution in [0, 0.1) is 19.8 Å². The molecule has 0 heterocycles. The van der Waals surface area contributed by atoms with Crippen LogP contribution in [0.5, 0.6) is 0 Å². The van der Waals surface area contributed by atoms with Gasteiger partial charge in [0.1, 0.15) is 0 Å². The number of hydrogen-bond acceptors (Lipinski definition) is 2. The van der Waals surface area contributed by atoms with Gasteiger partial charge in [-0.05, 0) is 45.2 Å². The Kier molecular flexibility index (Phi) is 4.52. The molecule has 0 aromatic heterocycles. The molecule has 1 aromatic carbocycles. The van der Waals surface area contributed by atoms with E-state index in [0.717, 1.165) is 17.7 Å². The van der Waals surface area contributed by atoms with Gasteiger partial charge in [-0.1, -0.05) is 29.3 Å². The molecule has 0 bridgehead atoms. The maximum Gasteiger partial charge on any atom is 0.0185 e. The van der Waals surface area contributed by atoms with Gasteiger partial charge in [0, 0.05) is 17.5 Å². The Morgan fingerprint density at radius 1 is 1.24 bits per heavy atom. The second kappa shape index (κ2) is 5.92. The third kappa shape index (κ3) is 4.04. The number of nitrogens with one attached hydrogen (secondary N) is 1. The molecule has 1 aliphatic rings. The lowest BCUT2D eigenvalue weighted by Gasteiger charge is -2.14. The highest BCUT2D eigenvalue weighted by Crippen LogP contribution is 2.34. The van der Waals surface area contributed by atoms with Gasteiger partial charge >= 0.3 is 0 Å². The smallest absolute Gasteiger partial charge is 0.0185 e. The monoisotopic (exact) mass is 249 g/mol. The van der Waals surface area contributed by atoms with E-state index in [1.165, 1.54) is 35.3 Å². The molecule has 0 aliphatic heterocycles. The summed E-state index contributed by atoms with van der Waals surface area (Å²) < 4.78 is 0. The summed E-state index contributed by atoms with van der Waals surface area (Å²) in [6.07, 6.45) is 2.85. The highest BCUT2D eigenvalue weighted by Gasteiger charge is 2.29. The summed E-state index contributed by atoms with van der Waals surface area (Å²) in [6, 6.07) is 7.59. The summed E-state index contributed by atoms with van der Waals surface area (Å²) in [4.78, 5) is 0. The van der Waals surface area contributed by atoms with Crippen LogP contribution in [0.15, 0.2) is 18.2 Å². The molecular formula is C15H23NS. The molecule has 1 atom stereocenters. The van der Waals surface area contributed by atoms with Crippen molar-refractivity contribution in [3.05, 3.63) is 34.9 Å². The van der Waals surface area contributed by atoms with E-state index in [0.29, 0.717) is 0 Å². The van der Waals surface area contributed by atoms with Crippen LogP contribution in [0.4, 0.5) is 0 Å². The van der Waals surface area contributed by atoms with Crippen LogP contribution in [-0.2, 0) is 5.75 Å². The third-order valence-electron chi connectivity index (χ3n) is 3.41. The first kappa shape index (κ1) is 13.0. The van der Waals surface area contributed by atoms with Gasteiger partial charge < -0.3 is 5.32 Å². The van der Waals surface area contributed by atoms with Crippen molar-refractivity contribution in [2.75, 3.05) is 12.8 Å². The minimum absolute atomic E-state index is 0.728. The SMILES string of the molecule is CNC(CSCc1cc(C)cc(C)c1)C1CC1. The minimum atomic E-state index is 0.728. The number of hydrogen-bond donors (Lipinski definition) is 1. The van der Waals surface area contributed by atoms with Crippen molar-refractivity contribution in [3.8, 4) is 0 Å². The van der Waals surface area contributed by atoms with E-state index in [9.17, 15) is 0 Å². The Labute approximate surface area is 109 Å².